The molecule has 1 heterocycles. The molecular formula is C16H16N2S. The monoisotopic (exact) mass is 268 g/mol. The van der Waals surface area contributed by atoms with Gasteiger partial charge in [0.25, 0.3) is 0 Å². The van der Waals surface area contributed by atoms with E-state index in [4.69, 9.17) is 5.73 Å². The lowest BCUT2D eigenvalue weighted by Crippen LogP contribution is -2.21. The van der Waals surface area contributed by atoms with Gasteiger partial charge in [-0.15, -0.1) is 0 Å². The van der Waals surface area contributed by atoms with Gasteiger partial charge >= 0.3 is 0 Å². The van der Waals surface area contributed by atoms with Crippen molar-refractivity contribution in [2.24, 2.45) is 0 Å². The summed E-state index contributed by atoms with van der Waals surface area (Å²) in [7, 11) is 2.14. The van der Waals surface area contributed by atoms with E-state index in [-0.39, 0.29) is 0 Å². The van der Waals surface area contributed by atoms with Crippen LogP contribution in [0.4, 0.5) is 11.4 Å². The molecular weight excluding hydrogens is 252 g/mol. The fourth-order valence-corrected chi connectivity index (χ4v) is 3.34. The minimum atomic E-state index is 0.356. The molecule has 0 fully saturated rings. The summed E-state index contributed by atoms with van der Waals surface area (Å²) in [5, 5.41) is 0.356. The fourth-order valence-electron chi connectivity index (χ4n) is 2.16. The van der Waals surface area contributed by atoms with Crippen LogP contribution >= 0.6 is 11.8 Å². The molecule has 96 valence electrons. The van der Waals surface area contributed by atoms with E-state index >= 15 is 0 Å². The molecule has 3 heteroatoms. The lowest BCUT2D eigenvalue weighted by Gasteiger charge is -2.18. The third kappa shape index (κ3) is 2.47. The summed E-state index contributed by atoms with van der Waals surface area (Å²) in [6.45, 7) is 0. The standard InChI is InChI=1S/C16H16N2S/c1-18-14-4-2-3-5-15(14)19-16(18)11-8-12-6-9-13(17)10-7-12/h2-11,16H,17H2,1H3/b11-8+. The molecule has 0 saturated heterocycles. The number of nitrogen functional groups attached to an aromatic ring is 1. The van der Waals surface area contributed by atoms with Gasteiger partial charge in [-0.2, -0.15) is 0 Å². The largest absolute Gasteiger partial charge is 0.399 e. The first-order valence-corrected chi connectivity index (χ1v) is 7.14. The molecule has 2 N–H and O–H groups in total. The molecule has 1 aliphatic heterocycles. The second kappa shape index (κ2) is 5.02. The van der Waals surface area contributed by atoms with Gasteiger partial charge in [0.1, 0.15) is 0 Å². The van der Waals surface area contributed by atoms with Gasteiger partial charge in [0.05, 0.1) is 11.1 Å². The predicted molar refractivity (Wildman–Crippen MR) is 84.4 cm³/mol. The normalized spacial score (nSPS) is 17.9. The Kier molecular flexibility index (Phi) is 3.22. The SMILES string of the molecule is CN1c2ccccc2SC1/C=C/c1ccc(N)cc1. The second-order valence-electron chi connectivity index (χ2n) is 4.61. The van der Waals surface area contributed by atoms with Gasteiger partial charge in [0.15, 0.2) is 0 Å². The third-order valence-corrected chi connectivity index (χ3v) is 4.58. The Labute approximate surface area is 117 Å². The lowest BCUT2D eigenvalue weighted by atomic mass is 10.2. The summed E-state index contributed by atoms with van der Waals surface area (Å²) < 4.78 is 0. The molecule has 0 aliphatic carbocycles. The maximum Gasteiger partial charge on any atom is 0.0983 e. The van der Waals surface area contributed by atoms with E-state index in [0.29, 0.717) is 5.37 Å². The highest BCUT2D eigenvalue weighted by Gasteiger charge is 2.24. The van der Waals surface area contributed by atoms with Crippen LogP contribution in [0.1, 0.15) is 5.56 Å². The van der Waals surface area contributed by atoms with Crippen LogP contribution in [0.15, 0.2) is 59.5 Å². The molecule has 0 amide bonds. The van der Waals surface area contributed by atoms with Gasteiger partial charge in [-0.05, 0) is 29.8 Å². The summed E-state index contributed by atoms with van der Waals surface area (Å²) >= 11 is 1.88. The summed E-state index contributed by atoms with van der Waals surface area (Å²) in [6, 6.07) is 16.5. The molecule has 2 nitrogen and oxygen atoms in total. The smallest absolute Gasteiger partial charge is 0.0983 e. The van der Waals surface area contributed by atoms with E-state index in [1.807, 2.05) is 36.0 Å². The Morgan fingerprint density at radius 1 is 1.11 bits per heavy atom. The number of likely N-dealkylation sites (N-methyl/N-ethyl adjacent to an activating group) is 1. The maximum atomic E-state index is 5.69. The van der Waals surface area contributed by atoms with Crippen molar-refractivity contribution in [3.05, 3.63) is 60.2 Å². The highest BCUT2D eigenvalue weighted by Crippen LogP contribution is 2.42. The summed E-state index contributed by atoms with van der Waals surface area (Å²) in [4.78, 5) is 3.64. The number of rotatable bonds is 2. The van der Waals surface area contributed by atoms with E-state index in [2.05, 4.69) is 48.4 Å². The lowest BCUT2D eigenvalue weighted by molar-refractivity contribution is 0.993. The first kappa shape index (κ1) is 12.2. The van der Waals surface area contributed by atoms with Crippen LogP contribution in [0.25, 0.3) is 6.08 Å². The average Bonchev–Trinajstić information content (AvgIpc) is 2.76. The predicted octanol–water partition coefficient (Wildman–Crippen LogP) is 3.85. The number of para-hydroxylation sites is 1. The quantitative estimate of drug-likeness (QED) is 0.839. The molecule has 3 rings (SSSR count). The molecule has 2 aromatic carbocycles. The molecule has 1 aliphatic rings. The van der Waals surface area contributed by atoms with Crippen molar-refractivity contribution in [1.82, 2.24) is 0 Å². The van der Waals surface area contributed by atoms with E-state index in [9.17, 15) is 0 Å². The Morgan fingerprint density at radius 3 is 2.58 bits per heavy atom. The van der Waals surface area contributed by atoms with Crippen molar-refractivity contribution in [2.45, 2.75) is 10.3 Å². The molecule has 1 atom stereocenters. The van der Waals surface area contributed by atoms with Gasteiger partial charge in [0.2, 0.25) is 0 Å². The average molecular weight is 268 g/mol. The Balaban J connectivity index is 1.77. The molecule has 2 aromatic rings. The van der Waals surface area contributed by atoms with Crippen LogP contribution in [-0.4, -0.2) is 12.4 Å². The topological polar surface area (TPSA) is 29.3 Å². The molecule has 19 heavy (non-hydrogen) atoms. The van der Waals surface area contributed by atoms with Crippen molar-refractivity contribution in [3.8, 4) is 0 Å². The Hall–Kier alpha value is -1.87. The highest BCUT2D eigenvalue weighted by atomic mass is 32.2. The zero-order valence-electron chi connectivity index (χ0n) is 10.8. The van der Waals surface area contributed by atoms with Gasteiger partial charge in [-0.1, -0.05) is 48.2 Å². The molecule has 0 spiro atoms. The zero-order valence-corrected chi connectivity index (χ0v) is 11.6. The van der Waals surface area contributed by atoms with Crippen molar-refractivity contribution in [2.75, 3.05) is 17.7 Å². The van der Waals surface area contributed by atoms with Crippen LogP contribution < -0.4 is 10.6 Å². The third-order valence-electron chi connectivity index (χ3n) is 3.26. The van der Waals surface area contributed by atoms with Crippen molar-refractivity contribution in [1.29, 1.82) is 0 Å². The maximum absolute atomic E-state index is 5.69. The number of hydrogen-bond acceptors (Lipinski definition) is 3. The van der Waals surface area contributed by atoms with Gasteiger partial charge in [-0.25, -0.2) is 0 Å². The molecule has 0 saturated carbocycles. The van der Waals surface area contributed by atoms with Gasteiger partial charge < -0.3 is 10.6 Å². The number of thioether (sulfide) groups is 1. The number of fused-ring (bicyclic) bond motifs is 1. The molecule has 1 unspecified atom stereocenters. The number of nitrogens with zero attached hydrogens (tertiary/aromatic N) is 1. The molecule has 0 aromatic heterocycles. The Morgan fingerprint density at radius 2 is 1.84 bits per heavy atom. The van der Waals surface area contributed by atoms with E-state index in [0.717, 1.165) is 5.69 Å². The van der Waals surface area contributed by atoms with Crippen LogP contribution in [0.3, 0.4) is 0 Å². The number of hydrogen-bond donors (Lipinski definition) is 1. The van der Waals surface area contributed by atoms with Gasteiger partial charge in [-0.3, -0.25) is 0 Å². The first-order chi connectivity index (χ1) is 9.24. The number of benzene rings is 2. The van der Waals surface area contributed by atoms with Crippen molar-refractivity contribution < 1.29 is 0 Å². The van der Waals surface area contributed by atoms with Crippen LogP contribution in [0, 0.1) is 0 Å². The highest BCUT2D eigenvalue weighted by molar-refractivity contribution is 8.00. The number of nitrogens with two attached hydrogens (primary N) is 1. The summed E-state index contributed by atoms with van der Waals surface area (Å²) in [5.41, 5.74) is 8.98. The minimum absolute atomic E-state index is 0.356. The molecule has 0 radical (unpaired) electrons. The second-order valence-corrected chi connectivity index (χ2v) is 5.77. The van der Waals surface area contributed by atoms with E-state index in [1.54, 1.807) is 0 Å². The Bertz CT molecular complexity index is 604. The zero-order chi connectivity index (χ0) is 13.2. The first-order valence-electron chi connectivity index (χ1n) is 6.26. The van der Waals surface area contributed by atoms with Gasteiger partial charge in [0, 0.05) is 17.6 Å². The van der Waals surface area contributed by atoms with E-state index < -0.39 is 0 Å². The summed E-state index contributed by atoms with van der Waals surface area (Å²) in [5.74, 6) is 0. The fraction of sp³-hybridized carbons (Fsp3) is 0.125. The van der Waals surface area contributed by atoms with E-state index in [1.165, 1.54) is 16.1 Å². The van der Waals surface area contributed by atoms with Crippen LogP contribution in [0.2, 0.25) is 0 Å². The number of anilines is 2. The summed E-state index contributed by atoms with van der Waals surface area (Å²) in [6.07, 6.45) is 4.38. The van der Waals surface area contributed by atoms with Crippen LogP contribution in [-0.2, 0) is 0 Å². The minimum Gasteiger partial charge on any atom is -0.399 e. The molecule has 0 bridgehead atoms. The van der Waals surface area contributed by atoms with Crippen LogP contribution in [0.5, 0.6) is 0 Å². The van der Waals surface area contributed by atoms with Crippen molar-refractivity contribution >= 4 is 29.2 Å². The van der Waals surface area contributed by atoms with Crippen molar-refractivity contribution in [3.63, 3.8) is 0 Å².